The summed E-state index contributed by atoms with van der Waals surface area (Å²) in [5.74, 6) is -1.09. The lowest BCUT2D eigenvalue weighted by Gasteiger charge is -2.49. The van der Waals surface area contributed by atoms with E-state index in [1.54, 1.807) is 6.92 Å². The van der Waals surface area contributed by atoms with Crippen molar-refractivity contribution < 1.29 is 24.2 Å². The zero-order valence-electron chi connectivity index (χ0n) is 14.4. The summed E-state index contributed by atoms with van der Waals surface area (Å²) in [5, 5.41) is 11.1. The van der Waals surface area contributed by atoms with Crippen molar-refractivity contribution in [1.82, 2.24) is 0 Å². The molecule has 5 heteroatoms. The molecular weight excluding hydrogens is 320 g/mol. The van der Waals surface area contributed by atoms with Gasteiger partial charge in [-0.2, -0.15) is 0 Å². The van der Waals surface area contributed by atoms with Gasteiger partial charge < -0.3 is 14.6 Å². The average molecular weight is 344 g/mol. The molecule has 0 radical (unpaired) electrons. The number of benzene rings is 1. The molecule has 4 atom stereocenters. The zero-order valence-corrected chi connectivity index (χ0v) is 14.4. The van der Waals surface area contributed by atoms with Crippen molar-refractivity contribution in [2.45, 2.75) is 57.3 Å². The summed E-state index contributed by atoms with van der Waals surface area (Å²) in [6, 6.07) is 9.63. The molecule has 0 aliphatic heterocycles. The van der Waals surface area contributed by atoms with Gasteiger partial charge in [-0.3, -0.25) is 9.59 Å². The number of ketones is 2. The minimum Gasteiger partial charge on any atom is -0.381 e. The Balaban J connectivity index is 1.87. The van der Waals surface area contributed by atoms with Gasteiger partial charge >= 0.3 is 0 Å². The lowest BCUT2D eigenvalue weighted by atomic mass is 9.56. The maximum Gasteiger partial charge on any atom is 0.165 e. The van der Waals surface area contributed by atoms with Gasteiger partial charge in [-0.05, 0) is 18.4 Å². The molecule has 1 aromatic carbocycles. The quantitative estimate of drug-likeness (QED) is 0.847. The molecule has 1 aromatic rings. The summed E-state index contributed by atoms with van der Waals surface area (Å²) < 4.78 is 6.01. The highest BCUT2D eigenvalue weighted by molar-refractivity contribution is 5.96. The van der Waals surface area contributed by atoms with Crippen LogP contribution in [0.2, 0.25) is 0 Å². The monoisotopic (exact) mass is 344 g/mol. The molecule has 0 spiro atoms. The molecule has 0 saturated heterocycles. The molecule has 2 saturated carbocycles. The van der Waals surface area contributed by atoms with Crippen LogP contribution in [0.25, 0.3) is 0 Å². The van der Waals surface area contributed by atoms with Crippen LogP contribution in [0.4, 0.5) is 0 Å². The smallest absolute Gasteiger partial charge is 0.165 e. The minimum atomic E-state index is -1.77. The van der Waals surface area contributed by atoms with Crippen molar-refractivity contribution >= 4 is 17.9 Å². The standard InChI is InChI=1S/C20H24O5/c1-19-10-9-15(22)11-20(19,24)18(23)8-7-17(16(19)12-21)25-13-14-5-3-2-4-6-14/h2-6,12,16-17,24H,7-11,13H2,1H3/t16?,17-,19-,20?/m0/s1. The maximum absolute atomic E-state index is 12.6. The highest BCUT2D eigenvalue weighted by Crippen LogP contribution is 2.52. The molecular formula is C20H24O5. The van der Waals surface area contributed by atoms with Crippen LogP contribution in [-0.2, 0) is 25.7 Å². The first-order chi connectivity index (χ1) is 11.9. The fourth-order valence-corrected chi connectivity index (χ4v) is 4.31. The second-order valence-corrected chi connectivity index (χ2v) is 7.45. The molecule has 0 bridgehead atoms. The van der Waals surface area contributed by atoms with E-state index in [1.807, 2.05) is 30.3 Å². The van der Waals surface area contributed by atoms with E-state index >= 15 is 0 Å². The van der Waals surface area contributed by atoms with E-state index in [9.17, 15) is 19.5 Å². The van der Waals surface area contributed by atoms with Crippen molar-refractivity contribution in [2.24, 2.45) is 11.3 Å². The molecule has 2 fully saturated rings. The van der Waals surface area contributed by atoms with Gasteiger partial charge in [-0.1, -0.05) is 37.3 Å². The fourth-order valence-electron chi connectivity index (χ4n) is 4.31. The summed E-state index contributed by atoms with van der Waals surface area (Å²) in [6.45, 7) is 2.10. The van der Waals surface area contributed by atoms with Crippen LogP contribution < -0.4 is 0 Å². The van der Waals surface area contributed by atoms with Crippen LogP contribution in [0.5, 0.6) is 0 Å². The van der Waals surface area contributed by atoms with Crippen molar-refractivity contribution in [2.75, 3.05) is 0 Å². The van der Waals surface area contributed by atoms with E-state index in [2.05, 4.69) is 0 Å². The molecule has 0 aromatic heterocycles. The predicted octanol–water partition coefficient (Wildman–Crippen LogP) is 2.24. The maximum atomic E-state index is 12.6. The molecule has 1 N–H and O–H groups in total. The SMILES string of the molecule is C[C@@]12CCC(=O)CC1(O)C(=O)CC[C@H](OCc1ccccc1)C2C=O. The third kappa shape index (κ3) is 3.07. The Labute approximate surface area is 147 Å². The van der Waals surface area contributed by atoms with Crippen LogP contribution in [0, 0.1) is 11.3 Å². The normalized spacial score (nSPS) is 35.8. The summed E-state index contributed by atoms with van der Waals surface area (Å²) in [7, 11) is 0. The van der Waals surface area contributed by atoms with Crippen molar-refractivity contribution in [1.29, 1.82) is 0 Å². The van der Waals surface area contributed by atoms with Gasteiger partial charge in [0.1, 0.15) is 17.7 Å². The molecule has 5 nitrogen and oxygen atoms in total. The molecule has 0 heterocycles. The molecule has 25 heavy (non-hydrogen) atoms. The highest BCUT2D eigenvalue weighted by Gasteiger charge is 2.61. The average Bonchev–Trinajstić information content (AvgIpc) is 2.68. The first kappa shape index (κ1) is 18.0. The van der Waals surface area contributed by atoms with E-state index in [0.717, 1.165) is 11.8 Å². The Morgan fingerprint density at radius 3 is 2.64 bits per heavy atom. The number of aliphatic hydroxyl groups is 1. The van der Waals surface area contributed by atoms with Gasteiger partial charge in [0.15, 0.2) is 5.78 Å². The number of Topliss-reactive ketones (excluding diaryl/α,β-unsaturated/α-hetero) is 2. The third-order valence-electron chi connectivity index (χ3n) is 6.03. The molecule has 2 aliphatic carbocycles. The first-order valence-electron chi connectivity index (χ1n) is 8.79. The number of carbonyl (C=O) groups excluding carboxylic acids is 3. The fraction of sp³-hybridized carbons (Fsp3) is 0.550. The Kier molecular flexibility index (Phi) is 4.89. The van der Waals surface area contributed by atoms with Gasteiger partial charge in [0, 0.05) is 30.6 Å². The van der Waals surface area contributed by atoms with E-state index in [0.29, 0.717) is 19.4 Å². The van der Waals surface area contributed by atoms with Gasteiger partial charge in [0.25, 0.3) is 0 Å². The van der Waals surface area contributed by atoms with Crippen molar-refractivity contribution in [3.8, 4) is 0 Å². The molecule has 134 valence electrons. The predicted molar refractivity (Wildman–Crippen MR) is 90.7 cm³/mol. The Morgan fingerprint density at radius 1 is 1.24 bits per heavy atom. The van der Waals surface area contributed by atoms with Crippen LogP contribution in [0.1, 0.15) is 44.6 Å². The Hall–Kier alpha value is -1.85. The number of ether oxygens (including phenoxy) is 1. The van der Waals surface area contributed by atoms with Crippen LogP contribution in [0.15, 0.2) is 30.3 Å². The Morgan fingerprint density at radius 2 is 1.96 bits per heavy atom. The minimum absolute atomic E-state index is 0.114. The number of hydrogen-bond acceptors (Lipinski definition) is 5. The topological polar surface area (TPSA) is 80.7 Å². The van der Waals surface area contributed by atoms with Crippen LogP contribution in [0.3, 0.4) is 0 Å². The molecule has 2 unspecified atom stereocenters. The van der Waals surface area contributed by atoms with Crippen LogP contribution >= 0.6 is 0 Å². The summed E-state index contributed by atoms with van der Waals surface area (Å²) >= 11 is 0. The lowest BCUT2D eigenvalue weighted by Crippen LogP contribution is -2.60. The second-order valence-electron chi connectivity index (χ2n) is 7.45. The molecule has 0 amide bonds. The second kappa shape index (κ2) is 6.81. The Bertz CT molecular complexity index is 670. The van der Waals surface area contributed by atoms with E-state index in [4.69, 9.17) is 4.74 Å². The molecule has 3 rings (SSSR count). The lowest BCUT2D eigenvalue weighted by molar-refractivity contribution is -0.177. The van der Waals surface area contributed by atoms with Crippen LogP contribution in [-0.4, -0.2) is 34.7 Å². The zero-order chi connectivity index (χ0) is 18.1. The van der Waals surface area contributed by atoms with Gasteiger partial charge in [-0.15, -0.1) is 0 Å². The van der Waals surface area contributed by atoms with Crippen molar-refractivity contribution in [3.63, 3.8) is 0 Å². The third-order valence-corrected chi connectivity index (χ3v) is 6.03. The number of carbonyl (C=O) groups is 3. The molecule has 2 aliphatic rings. The van der Waals surface area contributed by atoms with Gasteiger partial charge in [0.2, 0.25) is 0 Å². The van der Waals surface area contributed by atoms with Crippen molar-refractivity contribution in [3.05, 3.63) is 35.9 Å². The number of rotatable bonds is 4. The number of aldehydes is 1. The highest BCUT2D eigenvalue weighted by atomic mass is 16.5. The number of fused-ring (bicyclic) bond motifs is 1. The summed E-state index contributed by atoms with van der Waals surface area (Å²) in [5.41, 5.74) is -1.75. The first-order valence-corrected chi connectivity index (χ1v) is 8.79. The number of hydrogen-bond donors (Lipinski definition) is 1. The van der Waals surface area contributed by atoms with E-state index < -0.39 is 23.0 Å². The van der Waals surface area contributed by atoms with E-state index in [1.165, 1.54) is 0 Å². The van der Waals surface area contributed by atoms with Gasteiger partial charge in [-0.25, -0.2) is 0 Å². The van der Waals surface area contributed by atoms with Gasteiger partial charge in [0.05, 0.1) is 12.7 Å². The largest absolute Gasteiger partial charge is 0.381 e. The summed E-state index contributed by atoms with van der Waals surface area (Å²) in [4.78, 5) is 36.4. The summed E-state index contributed by atoms with van der Waals surface area (Å²) in [6.07, 6.45) is 1.25. The van der Waals surface area contributed by atoms with E-state index in [-0.39, 0.29) is 30.8 Å².